The Balaban J connectivity index is 1.34. The molecule has 2 atom stereocenters. The van der Waals surface area contributed by atoms with Gasteiger partial charge in [0.1, 0.15) is 5.69 Å². The highest BCUT2D eigenvalue weighted by molar-refractivity contribution is 5.93. The van der Waals surface area contributed by atoms with E-state index in [4.69, 9.17) is 4.74 Å². The maximum absolute atomic E-state index is 12.7. The molecule has 1 aliphatic carbocycles. The summed E-state index contributed by atoms with van der Waals surface area (Å²) in [5.74, 6) is 0.870. The first kappa shape index (κ1) is 19.4. The van der Waals surface area contributed by atoms with Crippen LogP contribution in [-0.2, 0) is 9.53 Å². The van der Waals surface area contributed by atoms with E-state index in [1.54, 1.807) is 6.33 Å². The molecule has 2 saturated heterocycles. The van der Waals surface area contributed by atoms with E-state index in [-0.39, 0.29) is 17.9 Å². The van der Waals surface area contributed by atoms with Crippen molar-refractivity contribution in [3.63, 3.8) is 0 Å². The second-order valence-electron chi connectivity index (χ2n) is 8.31. The normalized spacial score (nSPS) is 25.8. The number of morpholine rings is 1. The molecular formula is C20H31N5O3. The highest BCUT2D eigenvalue weighted by atomic mass is 16.5. The minimum atomic E-state index is -0.127. The Morgan fingerprint density at radius 1 is 1.21 bits per heavy atom. The quantitative estimate of drug-likeness (QED) is 0.724. The number of imidazole rings is 1. The molecule has 1 aromatic heterocycles. The number of amides is 2. The maximum atomic E-state index is 12.7. The standard InChI is InChI=1S/C20H31N5O3/c1-14-19(23-13-22-14)20(27)21-11-17-5-4-16(25(17)12-15-2-3-15)10-18(26)24-6-8-28-9-7-24/h13,15-17H,2-12H2,1H3,(H,21,27)(H,22,23)/t16-,17+/m1/s1. The van der Waals surface area contributed by atoms with Gasteiger partial charge >= 0.3 is 0 Å². The van der Waals surface area contributed by atoms with Gasteiger partial charge in [-0.1, -0.05) is 0 Å². The molecule has 0 radical (unpaired) electrons. The van der Waals surface area contributed by atoms with Crippen LogP contribution in [0.3, 0.4) is 0 Å². The summed E-state index contributed by atoms with van der Waals surface area (Å²) >= 11 is 0. The number of likely N-dealkylation sites (tertiary alicyclic amines) is 1. The fourth-order valence-corrected chi connectivity index (χ4v) is 4.38. The molecule has 2 N–H and O–H groups in total. The summed E-state index contributed by atoms with van der Waals surface area (Å²) in [6, 6.07) is 0.580. The van der Waals surface area contributed by atoms with Crippen LogP contribution in [-0.4, -0.2) is 83.1 Å². The minimum absolute atomic E-state index is 0.127. The first-order valence-corrected chi connectivity index (χ1v) is 10.5. The third-order valence-corrected chi connectivity index (χ3v) is 6.25. The molecule has 3 heterocycles. The molecule has 1 saturated carbocycles. The smallest absolute Gasteiger partial charge is 0.271 e. The SMILES string of the molecule is Cc1[nH]cnc1C(=O)NC[C@@H]1CC[C@H](CC(=O)N2CCOCC2)N1CC1CC1. The van der Waals surface area contributed by atoms with Crippen molar-refractivity contribution in [3.05, 3.63) is 17.7 Å². The van der Waals surface area contributed by atoms with E-state index >= 15 is 0 Å². The topological polar surface area (TPSA) is 90.6 Å². The van der Waals surface area contributed by atoms with Crippen LogP contribution in [0.1, 0.15) is 48.3 Å². The molecule has 0 unspecified atom stereocenters. The predicted molar refractivity (Wildman–Crippen MR) is 104 cm³/mol. The van der Waals surface area contributed by atoms with Gasteiger partial charge in [-0.3, -0.25) is 14.5 Å². The minimum Gasteiger partial charge on any atom is -0.378 e. The van der Waals surface area contributed by atoms with Gasteiger partial charge in [0.25, 0.3) is 5.91 Å². The van der Waals surface area contributed by atoms with Gasteiger partial charge in [0.05, 0.1) is 19.5 Å². The summed E-state index contributed by atoms with van der Waals surface area (Å²) in [5, 5.41) is 3.05. The maximum Gasteiger partial charge on any atom is 0.271 e. The van der Waals surface area contributed by atoms with E-state index in [9.17, 15) is 9.59 Å². The van der Waals surface area contributed by atoms with Gasteiger partial charge in [0.2, 0.25) is 5.91 Å². The van der Waals surface area contributed by atoms with Gasteiger partial charge < -0.3 is 19.9 Å². The summed E-state index contributed by atoms with van der Waals surface area (Å²) < 4.78 is 5.36. The van der Waals surface area contributed by atoms with Gasteiger partial charge in [0.15, 0.2) is 0 Å². The summed E-state index contributed by atoms with van der Waals surface area (Å²) in [6.07, 6.45) is 6.73. The average molecular weight is 390 g/mol. The number of nitrogens with one attached hydrogen (secondary N) is 2. The molecule has 154 valence electrons. The fourth-order valence-electron chi connectivity index (χ4n) is 4.38. The highest BCUT2D eigenvalue weighted by Crippen LogP contribution is 2.35. The first-order valence-electron chi connectivity index (χ1n) is 10.5. The fraction of sp³-hybridized carbons (Fsp3) is 0.750. The van der Waals surface area contributed by atoms with Crippen LogP contribution in [0.25, 0.3) is 0 Å². The van der Waals surface area contributed by atoms with Crippen molar-refractivity contribution in [3.8, 4) is 0 Å². The van der Waals surface area contributed by atoms with Crippen molar-refractivity contribution in [2.45, 2.75) is 51.1 Å². The number of aromatic nitrogens is 2. The number of rotatable bonds is 7. The van der Waals surface area contributed by atoms with Crippen LogP contribution >= 0.6 is 0 Å². The van der Waals surface area contributed by atoms with Gasteiger partial charge in [-0.25, -0.2) is 4.98 Å². The van der Waals surface area contributed by atoms with Crippen molar-refractivity contribution in [2.75, 3.05) is 39.4 Å². The number of aromatic amines is 1. The zero-order valence-electron chi connectivity index (χ0n) is 16.7. The number of ether oxygens (including phenoxy) is 1. The van der Waals surface area contributed by atoms with E-state index in [1.165, 1.54) is 12.8 Å². The van der Waals surface area contributed by atoms with Crippen molar-refractivity contribution in [2.24, 2.45) is 5.92 Å². The first-order chi connectivity index (χ1) is 13.6. The summed E-state index contributed by atoms with van der Waals surface area (Å²) in [4.78, 5) is 36.6. The summed E-state index contributed by atoms with van der Waals surface area (Å²) in [6.45, 7) is 6.20. The third-order valence-electron chi connectivity index (χ3n) is 6.25. The van der Waals surface area contributed by atoms with E-state index in [2.05, 4.69) is 20.2 Å². The van der Waals surface area contributed by atoms with Crippen LogP contribution in [0, 0.1) is 12.8 Å². The number of nitrogens with zero attached hydrogens (tertiary/aromatic N) is 3. The molecule has 4 rings (SSSR count). The number of H-pyrrole nitrogens is 1. The Kier molecular flexibility index (Phi) is 5.96. The highest BCUT2D eigenvalue weighted by Gasteiger charge is 2.38. The summed E-state index contributed by atoms with van der Waals surface area (Å²) in [7, 11) is 0. The average Bonchev–Trinajstić information content (AvgIpc) is 3.31. The van der Waals surface area contributed by atoms with E-state index < -0.39 is 0 Å². The van der Waals surface area contributed by atoms with Crippen LogP contribution in [0.15, 0.2) is 6.33 Å². The molecule has 2 amide bonds. The van der Waals surface area contributed by atoms with Crippen molar-refractivity contribution in [1.82, 2.24) is 25.1 Å². The molecule has 0 bridgehead atoms. The molecule has 0 aromatic carbocycles. The zero-order chi connectivity index (χ0) is 19.5. The molecule has 3 aliphatic rings. The molecule has 8 heteroatoms. The Hall–Kier alpha value is -1.93. The van der Waals surface area contributed by atoms with Crippen molar-refractivity contribution >= 4 is 11.8 Å². The van der Waals surface area contributed by atoms with Gasteiger partial charge in [0, 0.05) is 50.4 Å². The third kappa shape index (κ3) is 4.55. The van der Waals surface area contributed by atoms with Crippen molar-refractivity contribution < 1.29 is 14.3 Å². The molecule has 0 spiro atoms. The van der Waals surface area contributed by atoms with Gasteiger partial charge in [-0.05, 0) is 38.5 Å². The zero-order valence-corrected chi connectivity index (χ0v) is 16.7. The lowest BCUT2D eigenvalue weighted by molar-refractivity contribution is -0.136. The largest absolute Gasteiger partial charge is 0.378 e. The Morgan fingerprint density at radius 3 is 2.64 bits per heavy atom. The van der Waals surface area contributed by atoms with Gasteiger partial charge in [-0.15, -0.1) is 0 Å². The van der Waals surface area contributed by atoms with E-state index in [0.29, 0.717) is 51.0 Å². The van der Waals surface area contributed by atoms with Crippen LogP contribution in [0.4, 0.5) is 0 Å². The summed E-state index contributed by atoms with van der Waals surface area (Å²) in [5.41, 5.74) is 1.25. The molecule has 1 aromatic rings. The second-order valence-corrected chi connectivity index (χ2v) is 8.31. The Bertz CT molecular complexity index is 696. The monoisotopic (exact) mass is 389 g/mol. The molecule has 8 nitrogen and oxygen atoms in total. The molecule has 2 aliphatic heterocycles. The van der Waals surface area contributed by atoms with Crippen molar-refractivity contribution in [1.29, 1.82) is 0 Å². The lowest BCUT2D eigenvalue weighted by Crippen LogP contribution is -2.47. The molecule has 28 heavy (non-hydrogen) atoms. The second kappa shape index (κ2) is 8.61. The van der Waals surface area contributed by atoms with E-state index in [1.807, 2.05) is 11.8 Å². The predicted octanol–water partition coefficient (Wildman–Crippen LogP) is 0.940. The molecule has 3 fully saturated rings. The van der Waals surface area contributed by atoms with Gasteiger partial charge in [-0.2, -0.15) is 0 Å². The van der Waals surface area contributed by atoms with Crippen LogP contribution < -0.4 is 5.32 Å². The number of carbonyl (C=O) groups excluding carboxylic acids is 2. The Labute approximate surface area is 166 Å². The number of aryl methyl sites for hydroxylation is 1. The molecular weight excluding hydrogens is 358 g/mol. The van der Waals surface area contributed by atoms with E-state index in [0.717, 1.165) is 31.0 Å². The number of carbonyl (C=O) groups is 2. The van der Waals surface area contributed by atoms with Crippen LogP contribution in [0.2, 0.25) is 0 Å². The number of hydrogen-bond donors (Lipinski definition) is 2. The van der Waals surface area contributed by atoms with Crippen LogP contribution in [0.5, 0.6) is 0 Å². The lowest BCUT2D eigenvalue weighted by atomic mass is 10.1. The Morgan fingerprint density at radius 2 is 1.96 bits per heavy atom. The lowest BCUT2D eigenvalue weighted by Gasteiger charge is -2.33. The number of hydrogen-bond acceptors (Lipinski definition) is 5.